The van der Waals surface area contributed by atoms with Crippen molar-refractivity contribution in [3.63, 3.8) is 0 Å². The molecule has 3 rings (SSSR count). The SMILES string of the molecule is COc1ccccc1OC(=O)Cc1c[nH]c2ccccc12. The quantitative estimate of drug-likeness (QED) is 0.589. The topological polar surface area (TPSA) is 51.3 Å². The smallest absolute Gasteiger partial charge is 0.315 e. The first-order chi connectivity index (χ1) is 10.3. The van der Waals surface area contributed by atoms with Gasteiger partial charge in [-0.25, -0.2) is 0 Å². The van der Waals surface area contributed by atoms with Gasteiger partial charge in [-0.2, -0.15) is 0 Å². The predicted molar refractivity (Wildman–Crippen MR) is 80.6 cm³/mol. The Bertz CT molecular complexity index is 776. The number of nitrogens with one attached hydrogen (secondary N) is 1. The van der Waals surface area contributed by atoms with Crippen molar-refractivity contribution in [1.29, 1.82) is 0 Å². The van der Waals surface area contributed by atoms with Gasteiger partial charge in [0.15, 0.2) is 11.5 Å². The van der Waals surface area contributed by atoms with Crippen LogP contribution in [0.4, 0.5) is 0 Å². The molecule has 0 bridgehead atoms. The highest BCUT2D eigenvalue weighted by molar-refractivity contribution is 5.87. The molecule has 0 amide bonds. The first-order valence-corrected chi connectivity index (χ1v) is 6.66. The van der Waals surface area contributed by atoms with E-state index < -0.39 is 0 Å². The van der Waals surface area contributed by atoms with Crippen LogP contribution in [0.5, 0.6) is 11.5 Å². The number of carbonyl (C=O) groups excluding carboxylic acids is 1. The minimum Gasteiger partial charge on any atom is -0.493 e. The van der Waals surface area contributed by atoms with Crippen LogP contribution in [-0.2, 0) is 11.2 Å². The fraction of sp³-hybridized carbons (Fsp3) is 0.118. The maximum Gasteiger partial charge on any atom is 0.315 e. The second kappa shape index (κ2) is 5.71. The van der Waals surface area contributed by atoms with Crippen LogP contribution in [0, 0.1) is 0 Å². The van der Waals surface area contributed by atoms with E-state index in [9.17, 15) is 4.79 Å². The predicted octanol–water partition coefficient (Wildman–Crippen LogP) is 3.32. The molecule has 1 heterocycles. The zero-order chi connectivity index (χ0) is 14.7. The lowest BCUT2D eigenvalue weighted by Crippen LogP contribution is -2.11. The van der Waals surface area contributed by atoms with Crippen LogP contribution in [0.1, 0.15) is 5.56 Å². The Hall–Kier alpha value is -2.75. The molecule has 0 aliphatic carbocycles. The minimum absolute atomic E-state index is 0.210. The van der Waals surface area contributed by atoms with E-state index in [1.165, 1.54) is 0 Å². The number of para-hydroxylation sites is 3. The minimum atomic E-state index is -0.316. The number of ether oxygens (including phenoxy) is 2. The summed E-state index contributed by atoms with van der Waals surface area (Å²) in [4.78, 5) is 15.2. The maximum atomic E-state index is 12.1. The number of rotatable bonds is 4. The lowest BCUT2D eigenvalue weighted by atomic mass is 10.1. The molecule has 0 radical (unpaired) electrons. The average molecular weight is 281 g/mol. The molecular weight excluding hydrogens is 266 g/mol. The van der Waals surface area contributed by atoms with Crippen LogP contribution in [0.15, 0.2) is 54.7 Å². The van der Waals surface area contributed by atoms with Gasteiger partial charge in [0.25, 0.3) is 0 Å². The Balaban J connectivity index is 1.77. The molecule has 0 spiro atoms. The van der Waals surface area contributed by atoms with Gasteiger partial charge in [-0.15, -0.1) is 0 Å². The Kier molecular flexibility index (Phi) is 3.60. The van der Waals surface area contributed by atoms with Crippen LogP contribution < -0.4 is 9.47 Å². The number of esters is 1. The van der Waals surface area contributed by atoms with E-state index in [1.807, 2.05) is 36.5 Å². The van der Waals surface area contributed by atoms with E-state index in [1.54, 1.807) is 25.3 Å². The molecule has 0 unspecified atom stereocenters. The number of aromatic amines is 1. The largest absolute Gasteiger partial charge is 0.493 e. The van der Waals surface area contributed by atoms with Crippen LogP contribution in [0.2, 0.25) is 0 Å². The molecule has 21 heavy (non-hydrogen) atoms. The number of aromatic nitrogens is 1. The zero-order valence-corrected chi connectivity index (χ0v) is 11.6. The van der Waals surface area contributed by atoms with E-state index in [0.717, 1.165) is 16.5 Å². The third-order valence-electron chi connectivity index (χ3n) is 3.30. The average Bonchev–Trinajstić information content (AvgIpc) is 2.91. The number of hydrogen-bond acceptors (Lipinski definition) is 3. The number of hydrogen-bond donors (Lipinski definition) is 1. The van der Waals surface area contributed by atoms with Crippen molar-refractivity contribution in [3.8, 4) is 11.5 Å². The summed E-state index contributed by atoms with van der Waals surface area (Å²) in [7, 11) is 1.55. The van der Waals surface area contributed by atoms with Crippen LogP contribution in [-0.4, -0.2) is 18.1 Å². The molecule has 1 N–H and O–H groups in total. The summed E-state index contributed by atoms with van der Waals surface area (Å²) in [5.41, 5.74) is 1.93. The molecule has 4 nitrogen and oxygen atoms in total. The number of carbonyl (C=O) groups is 1. The van der Waals surface area contributed by atoms with E-state index >= 15 is 0 Å². The second-order valence-corrected chi connectivity index (χ2v) is 4.66. The van der Waals surface area contributed by atoms with Crippen molar-refractivity contribution in [2.24, 2.45) is 0 Å². The number of H-pyrrole nitrogens is 1. The van der Waals surface area contributed by atoms with Gasteiger partial charge in [0.05, 0.1) is 13.5 Å². The molecule has 4 heteroatoms. The van der Waals surface area contributed by atoms with Gasteiger partial charge >= 0.3 is 5.97 Å². The first-order valence-electron chi connectivity index (χ1n) is 6.66. The van der Waals surface area contributed by atoms with Gasteiger partial charge in [-0.3, -0.25) is 4.79 Å². The summed E-state index contributed by atoms with van der Waals surface area (Å²) < 4.78 is 10.5. The van der Waals surface area contributed by atoms with E-state index in [0.29, 0.717) is 11.5 Å². The first kappa shape index (κ1) is 13.2. The van der Waals surface area contributed by atoms with Crippen LogP contribution in [0.3, 0.4) is 0 Å². The summed E-state index contributed by atoms with van der Waals surface area (Å²) in [5.74, 6) is 0.666. The van der Waals surface area contributed by atoms with Crippen molar-refractivity contribution in [3.05, 3.63) is 60.3 Å². The zero-order valence-electron chi connectivity index (χ0n) is 11.6. The van der Waals surface area contributed by atoms with Crippen LogP contribution in [0.25, 0.3) is 10.9 Å². The lowest BCUT2D eigenvalue weighted by molar-refractivity contribution is -0.133. The van der Waals surface area contributed by atoms with E-state index in [4.69, 9.17) is 9.47 Å². The highest BCUT2D eigenvalue weighted by Crippen LogP contribution is 2.26. The molecular formula is C17H15NO3. The second-order valence-electron chi connectivity index (χ2n) is 4.66. The van der Waals surface area contributed by atoms with Crippen molar-refractivity contribution in [2.45, 2.75) is 6.42 Å². The molecule has 3 aromatic rings. The summed E-state index contributed by atoms with van der Waals surface area (Å²) in [6, 6.07) is 15.0. The van der Waals surface area contributed by atoms with E-state index in [2.05, 4.69) is 4.98 Å². The molecule has 0 saturated carbocycles. The molecule has 0 fully saturated rings. The van der Waals surface area contributed by atoms with Gasteiger partial charge in [0.2, 0.25) is 0 Å². The molecule has 2 aromatic carbocycles. The van der Waals surface area contributed by atoms with Gasteiger partial charge in [-0.1, -0.05) is 30.3 Å². The van der Waals surface area contributed by atoms with Gasteiger partial charge in [0.1, 0.15) is 0 Å². The van der Waals surface area contributed by atoms with Crippen molar-refractivity contribution < 1.29 is 14.3 Å². The van der Waals surface area contributed by atoms with E-state index in [-0.39, 0.29) is 12.4 Å². The molecule has 0 atom stereocenters. The normalized spacial score (nSPS) is 10.5. The van der Waals surface area contributed by atoms with Crippen LogP contribution >= 0.6 is 0 Å². The maximum absolute atomic E-state index is 12.1. The summed E-state index contributed by atoms with van der Waals surface area (Å²) in [5, 5.41) is 1.04. The fourth-order valence-electron chi connectivity index (χ4n) is 2.30. The summed E-state index contributed by atoms with van der Waals surface area (Å²) in [6.45, 7) is 0. The Morgan fingerprint density at radius 1 is 1.05 bits per heavy atom. The number of methoxy groups -OCH3 is 1. The summed E-state index contributed by atoms with van der Waals surface area (Å²) >= 11 is 0. The Labute approximate surface area is 122 Å². The molecule has 106 valence electrons. The monoisotopic (exact) mass is 281 g/mol. The summed E-state index contributed by atoms with van der Waals surface area (Å²) in [6.07, 6.45) is 2.05. The molecule has 0 aliphatic rings. The third-order valence-corrected chi connectivity index (χ3v) is 3.30. The molecule has 0 aliphatic heterocycles. The highest BCUT2D eigenvalue weighted by Gasteiger charge is 2.12. The lowest BCUT2D eigenvalue weighted by Gasteiger charge is -2.08. The third kappa shape index (κ3) is 2.74. The standard InChI is InChI=1S/C17H15NO3/c1-20-15-8-4-5-9-16(15)21-17(19)10-12-11-18-14-7-3-2-6-13(12)14/h2-9,11,18H,10H2,1H3. The molecule has 0 saturated heterocycles. The number of benzene rings is 2. The van der Waals surface area contributed by atoms with Gasteiger partial charge in [-0.05, 0) is 23.8 Å². The van der Waals surface area contributed by atoms with Crippen molar-refractivity contribution in [1.82, 2.24) is 4.98 Å². The number of fused-ring (bicyclic) bond motifs is 1. The van der Waals surface area contributed by atoms with Gasteiger partial charge < -0.3 is 14.5 Å². The fourth-order valence-corrected chi connectivity index (χ4v) is 2.30. The molecule has 1 aromatic heterocycles. The van der Waals surface area contributed by atoms with Crippen molar-refractivity contribution >= 4 is 16.9 Å². The van der Waals surface area contributed by atoms with Crippen molar-refractivity contribution in [2.75, 3.05) is 7.11 Å². The Morgan fingerprint density at radius 2 is 1.76 bits per heavy atom. The Morgan fingerprint density at radius 3 is 2.57 bits per heavy atom. The highest BCUT2D eigenvalue weighted by atomic mass is 16.6. The van der Waals surface area contributed by atoms with Gasteiger partial charge in [0, 0.05) is 17.1 Å².